The summed E-state index contributed by atoms with van der Waals surface area (Å²) < 4.78 is 1.84. The zero-order valence-corrected chi connectivity index (χ0v) is 19.8. The van der Waals surface area contributed by atoms with Gasteiger partial charge < -0.3 is 26.6 Å². The van der Waals surface area contributed by atoms with Gasteiger partial charge in [0.15, 0.2) is 5.82 Å². The topological polar surface area (TPSA) is 124 Å². The number of anilines is 3. The standard InChI is InChI=1S/C25H31N9/c1-4-33(14-13-32(2)3)25-24(23-7-5-6-12-34(23)31-25)30-22-16-21(19(27)15-20(22)28)29-18-10-8-17(26)9-11-18/h5-12,15-16,27,29H,4,13-14,26,28H2,1-3H3/b27-19?,30-22-. The highest BCUT2D eigenvalue weighted by Gasteiger charge is 2.21. The summed E-state index contributed by atoms with van der Waals surface area (Å²) in [6, 6.07) is 13.3. The molecule has 0 aliphatic heterocycles. The lowest BCUT2D eigenvalue weighted by atomic mass is 10.0. The number of nitrogen functional groups attached to an aromatic ring is 1. The lowest BCUT2D eigenvalue weighted by Crippen LogP contribution is -2.32. The van der Waals surface area contributed by atoms with Crippen LogP contribution >= 0.6 is 0 Å². The number of hydrogen-bond donors (Lipinski definition) is 4. The first kappa shape index (κ1) is 23.1. The molecule has 0 radical (unpaired) electrons. The molecule has 9 heteroatoms. The Bertz CT molecular complexity index is 1280. The van der Waals surface area contributed by atoms with Gasteiger partial charge in [-0.25, -0.2) is 9.51 Å². The quantitative estimate of drug-likeness (QED) is 0.304. The molecule has 0 saturated heterocycles. The number of benzene rings is 1. The van der Waals surface area contributed by atoms with Crippen molar-refractivity contribution in [2.75, 3.05) is 49.7 Å². The second kappa shape index (κ2) is 9.80. The minimum atomic E-state index is 0.287. The van der Waals surface area contributed by atoms with Gasteiger partial charge in [0.25, 0.3) is 0 Å². The van der Waals surface area contributed by atoms with Crippen LogP contribution in [-0.4, -0.2) is 59.7 Å². The summed E-state index contributed by atoms with van der Waals surface area (Å²) in [6.45, 7) is 4.63. The van der Waals surface area contributed by atoms with E-state index in [-0.39, 0.29) is 5.71 Å². The lowest BCUT2D eigenvalue weighted by molar-refractivity contribution is 0.413. The number of rotatable bonds is 8. The fraction of sp³-hybridized carbons (Fsp3) is 0.240. The molecule has 0 spiro atoms. The molecule has 1 aliphatic rings. The van der Waals surface area contributed by atoms with Gasteiger partial charge in [-0.05, 0) is 69.6 Å². The van der Waals surface area contributed by atoms with E-state index in [4.69, 9.17) is 27.0 Å². The Balaban J connectivity index is 1.76. The first-order chi connectivity index (χ1) is 16.4. The molecule has 6 N–H and O–H groups in total. The summed E-state index contributed by atoms with van der Waals surface area (Å²) >= 11 is 0. The van der Waals surface area contributed by atoms with Crippen LogP contribution in [-0.2, 0) is 0 Å². The van der Waals surface area contributed by atoms with E-state index in [1.807, 2.05) is 53.2 Å². The second-order valence-corrected chi connectivity index (χ2v) is 8.40. The Morgan fingerprint density at radius 2 is 1.82 bits per heavy atom. The number of pyridine rings is 1. The van der Waals surface area contributed by atoms with Gasteiger partial charge >= 0.3 is 0 Å². The summed E-state index contributed by atoms with van der Waals surface area (Å²) in [5.74, 6) is 0.804. The number of aliphatic imine (C=N–C) groups is 1. The van der Waals surface area contributed by atoms with Crippen LogP contribution in [0.2, 0.25) is 0 Å². The van der Waals surface area contributed by atoms with Crippen molar-refractivity contribution < 1.29 is 0 Å². The number of nitrogens with one attached hydrogen (secondary N) is 2. The van der Waals surface area contributed by atoms with Gasteiger partial charge in [0.05, 0.1) is 28.3 Å². The Morgan fingerprint density at radius 1 is 1.06 bits per heavy atom. The number of aromatic nitrogens is 2. The molecule has 2 heterocycles. The largest absolute Gasteiger partial charge is 0.399 e. The molecule has 0 unspecified atom stereocenters. The van der Waals surface area contributed by atoms with E-state index in [0.29, 0.717) is 22.8 Å². The van der Waals surface area contributed by atoms with E-state index in [1.165, 1.54) is 0 Å². The maximum atomic E-state index is 8.38. The highest BCUT2D eigenvalue weighted by Crippen LogP contribution is 2.33. The van der Waals surface area contributed by atoms with Gasteiger partial charge in [0, 0.05) is 37.2 Å². The fourth-order valence-corrected chi connectivity index (χ4v) is 3.68. The van der Waals surface area contributed by atoms with Crippen LogP contribution in [0.15, 0.2) is 77.2 Å². The average Bonchev–Trinajstić information content (AvgIpc) is 3.17. The van der Waals surface area contributed by atoms with Crippen LogP contribution in [0.1, 0.15) is 6.92 Å². The molecule has 0 amide bonds. The molecule has 0 saturated carbocycles. The molecular formula is C25H31N9. The number of fused-ring (bicyclic) bond motifs is 1. The average molecular weight is 458 g/mol. The highest BCUT2D eigenvalue weighted by atomic mass is 15.3. The Labute approximate surface area is 199 Å². The first-order valence-corrected chi connectivity index (χ1v) is 11.2. The predicted molar refractivity (Wildman–Crippen MR) is 141 cm³/mol. The van der Waals surface area contributed by atoms with Gasteiger partial charge in [0.2, 0.25) is 0 Å². The van der Waals surface area contributed by atoms with Crippen LogP contribution < -0.4 is 21.7 Å². The van der Waals surface area contributed by atoms with Crippen molar-refractivity contribution in [1.82, 2.24) is 14.5 Å². The molecule has 0 bridgehead atoms. The summed E-state index contributed by atoms with van der Waals surface area (Å²) in [5.41, 5.74) is 17.2. The van der Waals surface area contributed by atoms with Crippen LogP contribution in [0.25, 0.3) is 5.52 Å². The zero-order valence-electron chi connectivity index (χ0n) is 19.8. The molecule has 9 nitrogen and oxygen atoms in total. The van der Waals surface area contributed by atoms with Gasteiger partial charge in [0.1, 0.15) is 5.69 Å². The van der Waals surface area contributed by atoms with Crippen molar-refractivity contribution in [3.8, 4) is 0 Å². The summed E-state index contributed by atoms with van der Waals surface area (Å²) in [4.78, 5) is 9.34. The van der Waals surface area contributed by atoms with Crippen molar-refractivity contribution in [3.05, 3.63) is 72.2 Å². The van der Waals surface area contributed by atoms with Crippen molar-refractivity contribution in [2.24, 2.45) is 10.7 Å². The fourth-order valence-electron chi connectivity index (χ4n) is 3.68. The lowest BCUT2D eigenvalue weighted by Gasteiger charge is -2.23. The molecular weight excluding hydrogens is 426 g/mol. The predicted octanol–water partition coefficient (Wildman–Crippen LogP) is 3.25. The molecule has 3 aromatic rings. The number of nitrogens with zero attached hydrogens (tertiary/aromatic N) is 5. The molecule has 2 aromatic heterocycles. The third kappa shape index (κ3) is 4.94. The number of likely N-dealkylation sites (N-methyl/N-ethyl adjacent to an activating group) is 2. The van der Waals surface area contributed by atoms with Gasteiger partial charge in [-0.15, -0.1) is 5.10 Å². The minimum Gasteiger partial charge on any atom is -0.399 e. The van der Waals surface area contributed by atoms with E-state index < -0.39 is 0 Å². The Kier molecular flexibility index (Phi) is 6.65. The van der Waals surface area contributed by atoms with E-state index >= 15 is 0 Å². The SMILES string of the molecule is CCN(CCN(C)C)c1nn2ccccc2c1/N=C1/C=C(Nc2ccc(N)cc2)C(=N)C=C1N. The van der Waals surface area contributed by atoms with Crippen LogP contribution in [0, 0.1) is 5.41 Å². The summed E-state index contributed by atoms with van der Waals surface area (Å²) in [5, 5.41) is 16.5. The minimum absolute atomic E-state index is 0.287. The van der Waals surface area contributed by atoms with Gasteiger partial charge in [-0.1, -0.05) is 6.07 Å². The van der Waals surface area contributed by atoms with Crippen LogP contribution in [0.3, 0.4) is 0 Å². The van der Waals surface area contributed by atoms with E-state index in [9.17, 15) is 0 Å². The summed E-state index contributed by atoms with van der Waals surface area (Å²) in [7, 11) is 4.11. The molecule has 0 atom stereocenters. The molecule has 4 rings (SSSR count). The first-order valence-electron chi connectivity index (χ1n) is 11.2. The number of allylic oxidation sites excluding steroid dienone is 2. The van der Waals surface area contributed by atoms with Crippen molar-refractivity contribution >= 4 is 39.8 Å². The number of hydrogen-bond acceptors (Lipinski definition) is 8. The maximum Gasteiger partial charge on any atom is 0.177 e. The molecule has 176 valence electrons. The third-order valence-corrected chi connectivity index (χ3v) is 5.58. The van der Waals surface area contributed by atoms with Gasteiger partial charge in [-0.2, -0.15) is 0 Å². The highest BCUT2D eigenvalue weighted by molar-refractivity contribution is 6.24. The Morgan fingerprint density at radius 3 is 2.53 bits per heavy atom. The van der Waals surface area contributed by atoms with E-state index in [2.05, 4.69) is 36.1 Å². The molecule has 1 aromatic carbocycles. The smallest absolute Gasteiger partial charge is 0.177 e. The normalized spacial score (nSPS) is 15.1. The van der Waals surface area contributed by atoms with Crippen molar-refractivity contribution in [3.63, 3.8) is 0 Å². The monoisotopic (exact) mass is 457 g/mol. The number of nitrogens with two attached hydrogens (primary N) is 2. The Hall–Kier alpha value is -4.11. The zero-order chi connectivity index (χ0) is 24.2. The molecule has 34 heavy (non-hydrogen) atoms. The van der Waals surface area contributed by atoms with Gasteiger partial charge in [-0.3, -0.25) is 5.41 Å². The third-order valence-electron chi connectivity index (χ3n) is 5.58. The maximum absolute atomic E-state index is 8.38. The van der Waals surface area contributed by atoms with Crippen molar-refractivity contribution in [2.45, 2.75) is 6.92 Å². The molecule has 1 aliphatic carbocycles. The summed E-state index contributed by atoms with van der Waals surface area (Å²) in [6.07, 6.45) is 5.34. The second-order valence-electron chi connectivity index (χ2n) is 8.40. The molecule has 0 fully saturated rings. The van der Waals surface area contributed by atoms with E-state index in [1.54, 1.807) is 12.2 Å². The van der Waals surface area contributed by atoms with E-state index in [0.717, 1.165) is 42.3 Å². The van der Waals surface area contributed by atoms with Crippen molar-refractivity contribution in [1.29, 1.82) is 5.41 Å². The van der Waals surface area contributed by atoms with Crippen LogP contribution in [0.4, 0.5) is 22.9 Å². The van der Waals surface area contributed by atoms with Crippen LogP contribution in [0.5, 0.6) is 0 Å².